The Morgan fingerprint density at radius 3 is 2.60 bits per heavy atom. The van der Waals surface area contributed by atoms with E-state index in [0.29, 0.717) is 11.6 Å². The second-order valence-corrected chi connectivity index (χ2v) is 7.28. The van der Waals surface area contributed by atoms with Crippen molar-refractivity contribution in [1.29, 1.82) is 0 Å². The molecule has 8 heteroatoms. The van der Waals surface area contributed by atoms with Crippen LogP contribution in [0.2, 0.25) is 5.02 Å². The van der Waals surface area contributed by atoms with Crippen LogP contribution < -0.4 is 10.6 Å². The van der Waals surface area contributed by atoms with Crippen LogP contribution in [-0.2, 0) is 4.79 Å². The van der Waals surface area contributed by atoms with Crippen molar-refractivity contribution in [1.82, 2.24) is 10.2 Å². The van der Waals surface area contributed by atoms with Crippen LogP contribution in [-0.4, -0.2) is 47.2 Å². The quantitative estimate of drug-likeness (QED) is 0.690. The fraction of sp³-hybridized carbons (Fsp3) is 0.529. The molecular formula is C17H21ClFN3O3. The van der Waals surface area contributed by atoms with Gasteiger partial charge in [0.05, 0.1) is 6.54 Å². The standard InChI is InChI=1S/C17H21ClFN3O3/c18-11-3-12(19)5-13(4-11)20-17(25)21-14-6-15(7-14)22(9-16(23)24)8-10-1-2-10/h3-5,10,14-15H,1-2,6-9H2,(H,23,24)(H2,20,21,25). The first-order chi connectivity index (χ1) is 11.9. The lowest BCUT2D eigenvalue weighted by molar-refractivity contribution is -0.139. The van der Waals surface area contributed by atoms with Gasteiger partial charge in [0.15, 0.2) is 0 Å². The van der Waals surface area contributed by atoms with Crippen LogP contribution in [0, 0.1) is 11.7 Å². The summed E-state index contributed by atoms with van der Waals surface area (Å²) in [7, 11) is 0. The van der Waals surface area contributed by atoms with Gasteiger partial charge in [-0.05, 0) is 49.8 Å². The minimum atomic E-state index is -0.821. The number of aliphatic carboxylic acids is 1. The van der Waals surface area contributed by atoms with E-state index in [0.717, 1.165) is 25.5 Å². The molecule has 0 heterocycles. The molecule has 2 fully saturated rings. The van der Waals surface area contributed by atoms with E-state index in [1.54, 1.807) is 0 Å². The number of rotatable bonds is 7. The van der Waals surface area contributed by atoms with Gasteiger partial charge in [0.1, 0.15) is 5.82 Å². The number of anilines is 1. The zero-order valence-corrected chi connectivity index (χ0v) is 14.4. The van der Waals surface area contributed by atoms with Crippen LogP contribution >= 0.6 is 11.6 Å². The van der Waals surface area contributed by atoms with E-state index in [1.807, 2.05) is 4.90 Å². The molecule has 0 radical (unpaired) electrons. The Bertz CT molecular complexity index is 642. The molecule has 1 aromatic rings. The van der Waals surface area contributed by atoms with Gasteiger partial charge in [-0.25, -0.2) is 9.18 Å². The van der Waals surface area contributed by atoms with Gasteiger partial charge < -0.3 is 15.7 Å². The van der Waals surface area contributed by atoms with Crippen molar-refractivity contribution in [2.75, 3.05) is 18.4 Å². The molecule has 136 valence electrons. The highest BCUT2D eigenvalue weighted by molar-refractivity contribution is 6.30. The molecule has 25 heavy (non-hydrogen) atoms. The lowest BCUT2D eigenvalue weighted by atomic mass is 9.85. The molecule has 3 N–H and O–H groups in total. The Kier molecular flexibility index (Phi) is 5.44. The fourth-order valence-corrected chi connectivity index (χ4v) is 3.35. The van der Waals surface area contributed by atoms with E-state index in [-0.39, 0.29) is 23.7 Å². The molecule has 6 nitrogen and oxygen atoms in total. The van der Waals surface area contributed by atoms with E-state index in [2.05, 4.69) is 10.6 Å². The fourth-order valence-electron chi connectivity index (χ4n) is 3.13. The number of nitrogens with zero attached hydrogens (tertiary/aromatic N) is 1. The second kappa shape index (κ2) is 7.58. The number of halogens is 2. The van der Waals surface area contributed by atoms with Gasteiger partial charge in [-0.2, -0.15) is 0 Å². The summed E-state index contributed by atoms with van der Waals surface area (Å²) in [6.07, 6.45) is 3.78. The molecule has 2 saturated carbocycles. The van der Waals surface area contributed by atoms with Crippen molar-refractivity contribution in [3.8, 4) is 0 Å². The zero-order valence-electron chi connectivity index (χ0n) is 13.7. The van der Waals surface area contributed by atoms with Gasteiger partial charge in [-0.15, -0.1) is 0 Å². The number of carbonyl (C=O) groups is 2. The lowest BCUT2D eigenvalue weighted by Gasteiger charge is -2.42. The third kappa shape index (κ3) is 5.31. The van der Waals surface area contributed by atoms with Crippen molar-refractivity contribution >= 4 is 29.3 Å². The number of urea groups is 1. The molecule has 3 rings (SSSR count). The molecule has 0 atom stereocenters. The summed E-state index contributed by atoms with van der Waals surface area (Å²) in [6, 6.07) is 3.59. The summed E-state index contributed by atoms with van der Waals surface area (Å²) in [5, 5.41) is 14.6. The monoisotopic (exact) mass is 369 g/mol. The molecule has 0 saturated heterocycles. The van der Waals surface area contributed by atoms with Crippen LogP contribution in [0.1, 0.15) is 25.7 Å². The van der Waals surface area contributed by atoms with Crippen molar-refractivity contribution in [3.05, 3.63) is 29.0 Å². The number of benzene rings is 1. The summed E-state index contributed by atoms with van der Waals surface area (Å²) in [5.41, 5.74) is 0.291. The number of carbonyl (C=O) groups excluding carboxylic acids is 1. The third-order valence-electron chi connectivity index (χ3n) is 4.61. The SMILES string of the molecule is O=C(O)CN(CC1CC1)C1CC(NC(=O)Nc2cc(F)cc(Cl)c2)C1. The largest absolute Gasteiger partial charge is 0.480 e. The van der Waals surface area contributed by atoms with Gasteiger partial charge in [-0.1, -0.05) is 11.6 Å². The highest BCUT2D eigenvalue weighted by atomic mass is 35.5. The highest BCUT2D eigenvalue weighted by Gasteiger charge is 2.37. The Hall–Kier alpha value is -1.86. The van der Waals surface area contributed by atoms with E-state index >= 15 is 0 Å². The summed E-state index contributed by atoms with van der Waals surface area (Å²) in [6.45, 7) is 0.861. The van der Waals surface area contributed by atoms with E-state index < -0.39 is 17.8 Å². The average molecular weight is 370 g/mol. The van der Waals surface area contributed by atoms with Crippen LogP contribution in [0.15, 0.2) is 18.2 Å². The number of hydrogen-bond acceptors (Lipinski definition) is 3. The first-order valence-corrected chi connectivity index (χ1v) is 8.76. The minimum absolute atomic E-state index is 0.00970. The van der Waals surface area contributed by atoms with Gasteiger partial charge in [-0.3, -0.25) is 9.69 Å². The molecule has 0 aliphatic heterocycles. The molecule has 0 aromatic heterocycles. The number of hydrogen-bond donors (Lipinski definition) is 3. The van der Waals surface area contributed by atoms with Crippen molar-refractivity contribution in [2.45, 2.75) is 37.8 Å². The molecule has 2 aliphatic rings. The van der Waals surface area contributed by atoms with Gasteiger partial charge >= 0.3 is 12.0 Å². The maximum absolute atomic E-state index is 13.3. The van der Waals surface area contributed by atoms with E-state index in [9.17, 15) is 14.0 Å². The van der Waals surface area contributed by atoms with Gasteiger partial charge in [0.2, 0.25) is 0 Å². The number of amides is 2. The number of carboxylic acids is 1. The molecule has 2 aliphatic carbocycles. The van der Waals surface area contributed by atoms with Gasteiger partial charge in [0.25, 0.3) is 0 Å². The Balaban J connectivity index is 1.45. The maximum atomic E-state index is 13.3. The molecular weight excluding hydrogens is 349 g/mol. The normalized spacial score (nSPS) is 22.4. The zero-order chi connectivity index (χ0) is 18.0. The molecule has 1 aromatic carbocycles. The van der Waals surface area contributed by atoms with Crippen molar-refractivity contribution < 1.29 is 19.1 Å². The van der Waals surface area contributed by atoms with E-state index in [1.165, 1.54) is 25.0 Å². The summed E-state index contributed by atoms with van der Waals surface area (Å²) in [5.74, 6) is -0.721. The number of carboxylic acid groups (broad SMARTS) is 1. The predicted octanol–water partition coefficient (Wildman–Crippen LogP) is 2.93. The van der Waals surface area contributed by atoms with Crippen molar-refractivity contribution in [3.63, 3.8) is 0 Å². The second-order valence-electron chi connectivity index (χ2n) is 6.85. The first kappa shape index (κ1) is 17.9. The van der Waals surface area contributed by atoms with Crippen molar-refractivity contribution in [2.24, 2.45) is 5.92 Å². The Morgan fingerprint density at radius 1 is 1.28 bits per heavy atom. The maximum Gasteiger partial charge on any atom is 0.319 e. The van der Waals surface area contributed by atoms with Crippen LogP contribution in [0.3, 0.4) is 0 Å². The molecule has 0 bridgehead atoms. The minimum Gasteiger partial charge on any atom is -0.480 e. The summed E-state index contributed by atoms with van der Waals surface area (Å²) in [4.78, 5) is 25.0. The summed E-state index contributed by atoms with van der Waals surface area (Å²) >= 11 is 5.75. The Morgan fingerprint density at radius 2 is 2.00 bits per heavy atom. The van der Waals surface area contributed by atoms with Crippen LogP contribution in [0.5, 0.6) is 0 Å². The average Bonchev–Trinajstić information content (AvgIpc) is 3.24. The first-order valence-electron chi connectivity index (χ1n) is 8.38. The third-order valence-corrected chi connectivity index (χ3v) is 4.83. The Labute approximate surface area is 150 Å². The molecule has 0 unspecified atom stereocenters. The molecule has 2 amide bonds. The van der Waals surface area contributed by atoms with Crippen LogP contribution in [0.4, 0.5) is 14.9 Å². The van der Waals surface area contributed by atoms with Gasteiger partial charge in [0, 0.05) is 29.3 Å². The smallest absolute Gasteiger partial charge is 0.319 e. The topological polar surface area (TPSA) is 81.7 Å². The summed E-state index contributed by atoms with van der Waals surface area (Å²) < 4.78 is 13.3. The lowest BCUT2D eigenvalue weighted by Crippen LogP contribution is -2.55. The number of nitrogens with one attached hydrogen (secondary N) is 2. The highest BCUT2D eigenvalue weighted by Crippen LogP contribution is 2.33. The van der Waals surface area contributed by atoms with E-state index in [4.69, 9.17) is 16.7 Å². The molecule has 0 spiro atoms. The predicted molar refractivity (Wildman–Crippen MR) is 92.3 cm³/mol. The van der Waals surface area contributed by atoms with Crippen LogP contribution in [0.25, 0.3) is 0 Å².